The van der Waals surface area contributed by atoms with Gasteiger partial charge in [-0.1, -0.05) is 12.8 Å². The van der Waals surface area contributed by atoms with Crippen LogP contribution >= 0.6 is 8.53 Å². The van der Waals surface area contributed by atoms with E-state index >= 15 is 0 Å². The third kappa shape index (κ3) is 1.34. The molecule has 2 saturated heterocycles. The molecular weight excluding hydrogens is 197 g/mol. The first-order valence-corrected chi connectivity index (χ1v) is 6.77. The summed E-state index contributed by atoms with van der Waals surface area (Å²) in [5.41, 5.74) is 0. The van der Waals surface area contributed by atoms with Crippen LogP contribution in [0.4, 0.5) is 0 Å². The smallest absolute Gasteiger partial charge is 0.258 e. The van der Waals surface area contributed by atoms with Gasteiger partial charge in [0.2, 0.25) is 0 Å². The van der Waals surface area contributed by atoms with E-state index in [-0.39, 0.29) is 0 Å². The van der Waals surface area contributed by atoms with E-state index in [9.17, 15) is 0 Å². The largest absolute Gasteiger partial charge is 0.325 e. The highest BCUT2D eigenvalue weighted by atomic mass is 31.2. The molecule has 3 nitrogen and oxygen atoms in total. The second-order valence-corrected chi connectivity index (χ2v) is 6.23. The molecule has 0 N–H and O–H groups in total. The van der Waals surface area contributed by atoms with Crippen LogP contribution in [0.2, 0.25) is 0 Å². The minimum absolute atomic E-state index is 0.702. The number of rotatable bonds is 1. The average Bonchev–Trinajstić information content (AvgIpc) is 2.55. The van der Waals surface area contributed by atoms with Crippen LogP contribution in [0.15, 0.2) is 0 Å². The summed E-state index contributed by atoms with van der Waals surface area (Å²) in [6.45, 7) is 2.17. The number of nitrogens with zero attached hydrogens (tertiary/aromatic N) is 1. The molecule has 0 aromatic carbocycles. The van der Waals surface area contributed by atoms with Crippen LogP contribution in [0.25, 0.3) is 0 Å². The lowest BCUT2D eigenvalue weighted by atomic mass is 9.80. The van der Waals surface area contributed by atoms with E-state index in [1.165, 1.54) is 32.2 Å². The van der Waals surface area contributed by atoms with Crippen molar-refractivity contribution >= 4 is 8.53 Å². The van der Waals surface area contributed by atoms with Crippen LogP contribution < -0.4 is 0 Å². The summed E-state index contributed by atoms with van der Waals surface area (Å²) in [5, 5.41) is 0. The highest BCUT2D eigenvalue weighted by molar-refractivity contribution is 7.44. The van der Waals surface area contributed by atoms with E-state index in [0.29, 0.717) is 0 Å². The Morgan fingerprint density at radius 3 is 3.07 bits per heavy atom. The molecule has 0 radical (unpaired) electrons. The minimum Gasteiger partial charge on any atom is -0.325 e. The van der Waals surface area contributed by atoms with Crippen molar-refractivity contribution in [3.05, 3.63) is 0 Å². The number of fused-ring (bicyclic) bond motifs is 5. The van der Waals surface area contributed by atoms with Gasteiger partial charge >= 0.3 is 0 Å². The van der Waals surface area contributed by atoms with Crippen molar-refractivity contribution in [2.75, 3.05) is 20.3 Å². The Morgan fingerprint density at radius 1 is 1.36 bits per heavy atom. The van der Waals surface area contributed by atoms with Gasteiger partial charge in [-0.3, -0.25) is 0 Å². The first-order valence-electron chi connectivity index (χ1n) is 5.64. The van der Waals surface area contributed by atoms with Crippen LogP contribution in [0.1, 0.15) is 25.7 Å². The minimum atomic E-state index is -0.702. The van der Waals surface area contributed by atoms with Gasteiger partial charge in [-0.2, -0.15) is 0 Å². The van der Waals surface area contributed by atoms with E-state index in [2.05, 4.69) is 4.67 Å². The van der Waals surface area contributed by atoms with Gasteiger partial charge in [-0.05, 0) is 18.8 Å². The van der Waals surface area contributed by atoms with Crippen LogP contribution in [0, 0.1) is 11.8 Å². The Labute approximate surface area is 86.7 Å². The molecule has 3 aliphatic rings. The topological polar surface area (TPSA) is 21.7 Å². The second-order valence-electron chi connectivity index (χ2n) is 4.61. The van der Waals surface area contributed by atoms with E-state index in [1.54, 1.807) is 7.11 Å². The molecule has 5 atom stereocenters. The molecule has 0 spiro atoms. The maximum absolute atomic E-state index is 5.77. The molecule has 2 heterocycles. The molecule has 0 amide bonds. The fraction of sp³-hybridized carbons (Fsp3) is 1.00. The molecule has 4 heteroatoms. The van der Waals surface area contributed by atoms with Crippen LogP contribution in [-0.4, -0.2) is 31.0 Å². The molecule has 2 aliphatic heterocycles. The van der Waals surface area contributed by atoms with E-state index in [4.69, 9.17) is 9.05 Å². The first-order chi connectivity index (χ1) is 6.90. The van der Waals surface area contributed by atoms with Gasteiger partial charge in [-0.25, -0.2) is 4.67 Å². The van der Waals surface area contributed by atoms with E-state index in [1.807, 2.05) is 0 Å². The molecule has 1 aliphatic carbocycles. The van der Waals surface area contributed by atoms with Crippen molar-refractivity contribution in [1.29, 1.82) is 0 Å². The molecule has 1 saturated carbocycles. The summed E-state index contributed by atoms with van der Waals surface area (Å²) < 4.78 is 13.7. The number of hydrogen-bond donors (Lipinski definition) is 0. The van der Waals surface area contributed by atoms with Gasteiger partial charge in [-0.15, -0.1) is 0 Å². The molecule has 3 unspecified atom stereocenters. The van der Waals surface area contributed by atoms with E-state index in [0.717, 1.165) is 24.5 Å². The van der Waals surface area contributed by atoms with Crippen molar-refractivity contribution in [2.45, 2.75) is 31.7 Å². The lowest BCUT2D eigenvalue weighted by molar-refractivity contribution is 0.171. The van der Waals surface area contributed by atoms with Gasteiger partial charge in [0.1, 0.15) is 0 Å². The zero-order chi connectivity index (χ0) is 9.54. The molecule has 80 valence electrons. The molecule has 3 rings (SSSR count). The van der Waals surface area contributed by atoms with Gasteiger partial charge in [0, 0.05) is 25.6 Å². The lowest BCUT2D eigenvalue weighted by Gasteiger charge is -2.33. The summed E-state index contributed by atoms with van der Waals surface area (Å²) in [5.74, 6) is 1.71. The fourth-order valence-corrected chi connectivity index (χ4v) is 4.98. The summed E-state index contributed by atoms with van der Waals surface area (Å²) >= 11 is 0. The fourth-order valence-electron chi connectivity index (χ4n) is 3.33. The maximum atomic E-state index is 5.77. The van der Waals surface area contributed by atoms with Crippen molar-refractivity contribution in [3.8, 4) is 0 Å². The molecule has 14 heavy (non-hydrogen) atoms. The third-order valence-electron chi connectivity index (χ3n) is 3.96. The van der Waals surface area contributed by atoms with Gasteiger partial charge in [0.15, 0.2) is 0 Å². The molecule has 0 aromatic heterocycles. The van der Waals surface area contributed by atoms with E-state index < -0.39 is 8.53 Å². The van der Waals surface area contributed by atoms with Crippen molar-refractivity contribution in [2.24, 2.45) is 11.8 Å². The Morgan fingerprint density at radius 2 is 2.21 bits per heavy atom. The van der Waals surface area contributed by atoms with Gasteiger partial charge in [0.25, 0.3) is 8.53 Å². The standard InChI is InChI=1S/C10H18NO2P/c1-12-14-11-6-8(7-13-14)9-4-2-3-5-10(9)11/h8-10H,2-7H2,1H3/t8-,9?,10?,14+/m0/s1. The maximum Gasteiger partial charge on any atom is 0.258 e. The van der Waals surface area contributed by atoms with Crippen LogP contribution in [0.3, 0.4) is 0 Å². The molecular formula is C10H18NO2P. The highest BCUT2D eigenvalue weighted by Gasteiger charge is 2.49. The van der Waals surface area contributed by atoms with Crippen molar-refractivity contribution < 1.29 is 9.05 Å². The van der Waals surface area contributed by atoms with Gasteiger partial charge < -0.3 is 9.05 Å². The number of hydrogen-bond acceptors (Lipinski definition) is 3. The molecule has 0 aromatic rings. The Hall–Kier alpha value is 0.310. The third-order valence-corrected chi connectivity index (χ3v) is 5.52. The summed E-state index contributed by atoms with van der Waals surface area (Å²) in [4.78, 5) is 0. The normalized spacial score (nSPS) is 51.6. The Kier molecular flexibility index (Phi) is 2.53. The average molecular weight is 215 g/mol. The Balaban J connectivity index is 1.81. The van der Waals surface area contributed by atoms with Crippen molar-refractivity contribution in [3.63, 3.8) is 0 Å². The monoisotopic (exact) mass is 215 g/mol. The van der Waals surface area contributed by atoms with Crippen molar-refractivity contribution in [1.82, 2.24) is 4.67 Å². The zero-order valence-electron chi connectivity index (χ0n) is 8.69. The summed E-state index contributed by atoms with van der Waals surface area (Å²) in [6.07, 6.45) is 5.61. The SMILES string of the molecule is CO[P@]1OC[C@@H]2CN1C1CCCCC12. The second kappa shape index (κ2) is 3.71. The predicted octanol–water partition coefficient (Wildman–Crippen LogP) is 2.38. The highest BCUT2D eigenvalue weighted by Crippen LogP contribution is 2.57. The lowest BCUT2D eigenvalue weighted by Crippen LogP contribution is -2.31. The summed E-state index contributed by atoms with van der Waals surface area (Å²) in [7, 11) is 1.08. The predicted molar refractivity (Wildman–Crippen MR) is 55.8 cm³/mol. The van der Waals surface area contributed by atoms with Crippen LogP contribution in [-0.2, 0) is 9.05 Å². The zero-order valence-corrected chi connectivity index (χ0v) is 9.58. The molecule has 3 fully saturated rings. The van der Waals surface area contributed by atoms with Crippen LogP contribution in [0.5, 0.6) is 0 Å². The van der Waals surface area contributed by atoms with Gasteiger partial charge in [0.05, 0.1) is 6.61 Å². The summed E-state index contributed by atoms with van der Waals surface area (Å²) in [6, 6.07) is 0.780. The Bertz CT molecular complexity index is 226. The first kappa shape index (κ1) is 9.53. The quantitative estimate of drug-likeness (QED) is 0.627. The molecule has 2 bridgehead atoms.